The Morgan fingerprint density at radius 2 is 1.74 bits per heavy atom. The zero-order valence-corrected chi connectivity index (χ0v) is 15.9. The number of amides is 1. The summed E-state index contributed by atoms with van der Waals surface area (Å²) < 4.78 is 10.9. The molecule has 5 nitrogen and oxygen atoms in total. The van der Waals surface area contributed by atoms with E-state index in [4.69, 9.17) is 9.47 Å². The second kappa shape index (κ2) is 7.61. The van der Waals surface area contributed by atoms with E-state index in [9.17, 15) is 4.79 Å². The van der Waals surface area contributed by atoms with Gasteiger partial charge in [-0.15, -0.1) is 0 Å². The number of para-hydroxylation sites is 1. The largest absolute Gasteiger partial charge is 0.493 e. The van der Waals surface area contributed by atoms with Crippen molar-refractivity contribution < 1.29 is 14.3 Å². The zero-order chi connectivity index (χ0) is 18.8. The van der Waals surface area contributed by atoms with Crippen LogP contribution >= 0.6 is 0 Å². The molecule has 0 radical (unpaired) electrons. The summed E-state index contributed by atoms with van der Waals surface area (Å²) in [6, 6.07) is 16.5. The summed E-state index contributed by atoms with van der Waals surface area (Å²) >= 11 is 0. The second-order valence-electron chi connectivity index (χ2n) is 7.19. The van der Waals surface area contributed by atoms with Crippen LogP contribution in [0.3, 0.4) is 0 Å². The number of carbonyl (C=O) groups is 1. The lowest BCUT2D eigenvalue weighted by molar-refractivity contribution is 0.0429. The van der Waals surface area contributed by atoms with Gasteiger partial charge in [0.1, 0.15) is 0 Å². The molecule has 1 aliphatic carbocycles. The van der Waals surface area contributed by atoms with Crippen molar-refractivity contribution in [1.82, 2.24) is 9.80 Å². The van der Waals surface area contributed by atoms with Crippen molar-refractivity contribution in [2.24, 2.45) is 0 Å². The first-order valence-corrected chi connectivity index (χ1v) is 9.54. The Morgan fingerprint density at radius 1 is 0.963 bits per heavy atom. The van der Waals surface area contributed by atoms with E-state index in [1.54, 1.807) is 14.2 Å². The molecule has 2 aliphatic rings. The van der Waals surface area contributed by atoms with Crippen LogP contribution in [0.25, 0.3) is 0 Å². The molecule has 1 saturated carbocycles. The lowest BCUT2D eigenvalue weighted by Crippen LogP contribution is -2.51. The number of hydrogen-bond acceptors (Lipinski definition) is 4. The van der Waals surface area contributed by atoms with Crippen LogP contribution in [-0.2, 0) is 0 Å². The van der Waals surface area contributed by atoms with Gasteiger partial charge in [-0.05, 0) is 30.5 Å². The SMILES string of the molecule is COc1cccc(C(=O)N2CCN(C3CC3)CC2c2ccccc2)c1OC. The molecule has 4 rings (SSSR count). The van der Waals surface area contributed by atoms with Gasteiger partial charge >= 0.3 is 0 Å². The Hall–Kier alpha value is -2.53. The van der Waals surface area contributed by atoms with Gasteiger partial charge in [0, 0.05) is 25.7 Å². The lowest BCUT2D eigenvalue weighted by Gasteiger charge is -2.42. The molecular weight excluding hydrogens is 340 g/mol. The van der Waals surface area contributed by atoms with Gasteiger partial charge in [0.2, 0.25) is 0 Å². The van der Waals surface area contributed by atoms with Crippen LogP contribution in [0.2, 0.25) is 0 Å². The molecule has 2 aromatic carbocycles. The summed E-state index contributed by atoms with van der Waals surface area (Å²) in [4.78, 5) is 18.0. The van der Waals surface area contributed by atoms with Crippen molar-refractivity contribution in [2.45, 2.75) is 24.9 Å². The topological polar surface area (TPSA) is 42.0 Å². The van der Waals surface area contributed by atoms with Crippen LogP contribution in [0, 0.1) is 0 Å². The van der Waals surface area contributed by atoms with Crippen molar-refractivity contribution >= 4 is 5.91 Å². The third-order valence-electron chi connectivity index (χ3n) is 5.55. The fraction of sp³-hybridized carbons (Fsp3) is 0.409. The fourth-order valence-electron chi connectivity index (χ4n) is 3.99. The molecule has 0 bridgehead atoms. The van der Waals surface area contributed by atoms with E-state index in [1.807, 2.05) is 41.3 Å². The molecule has 2 aromatic rings. The van der Waals surface area contributed by atoms with E-state index in [2.05, 4.69) is 17.0 Å². The Bertz CT molecular complexity index is 804. The standard InChI is InChI=1S/C22H26N2O3/c1-26-20-10-6-9-18(21(20)27-2)22(25)24-14-13-23(17-11-12-17)15-19(24)16-7-4-3-5-8-16/h3-10,17,19H,11-15H2,1-2H3. The Balaban J connectivity index is 1.67. The van der Waals surface area contributed by atoms with E-state index >= 15 is 0 Å². The molecule has 2 fully saturated rings. The average Bonchev–Trinajstić information content (AvgIpc) is 3.58. The van der Waals surface area contributed by atoms with Crippen molar-refractivity contribution in [1.29, 1.82) is 0 Å². The van der Waals surface area contributed by atoms with Crippen molar-refractivity contribution in [3.8, 4) is 11.5 Å². The van der Waals surface area contributed by atoms with Gasteiger partial charge in [-0.2, -0.15) is 0 Å². The van der Waals surface area contributed by atoms with Gasteiger partial charge in [0.05, 0.1) is 25.8 Å². The van der Waals surface area contributed by atoms with Crippen molar-refractivity contribution in [3.63, 3.8) is 0 Å². The number of hydrogen-bond donors (Lipinski definition) is 0. The maximum atomic E-state index is 13.5. The molecule has 0 N–H and O–H groups in total. The normalized spacial score (nSPS) is 20.4. The molecule has 27 heavy (non-hydrogen) atoms. The molecule has 0 spiro atoms. The van der Waals surface area contributed by atoms with Crippen LogP contribution in [0.5, 0.6) is 11.5 Å². The van der Waals surface area contributed by atoms with Crippen molar-refractivity contribution in [3.05, 3.63) is 59.7 Å². The van der Waals surface area contributed by atoms with Crippen LogP contribution in [0.4, 0.5) is 0 Å². The minimum absolute atomic E-state index is 0.00458. The molecular formula is C22H26N2O3. The van der Waals surface area contributed by atoms with E-state index in [-0.39, 0.29) is 11.9 Å². The first-order chi connectivity index (χ1) is 13.2. The van der Waals surface area contributed by atoms with E-state index in [0.29, 0.717) is 23.1 Å². The van der Waals surface area contributed by atoms with E-state index in [1.165, 1.54) is 18.4 Å². The Kier molecular flexibility index (Phi) is 5.03. The highest BCUT2D eigenvalue weighted by atomic mass is 16.5. The third-order valence-corrected chi connectivity index (χ3v) is 5.55. The average molecular weight is 366 g/mol. The fourth-order valence-corrected chi connectivity index (χ4v) is 3.99. The summed E-state index contributed by atoms with van der Waals surface area (Å²) in [5.41, 5.74) is 1.73. The van der Waals surface area contributed by atoms with Gasteiger partial charge in [0.15, 0.2) is 11.5 Å². The monoisotopic (exact) mass is 366 g/mol. The maximum absolute atomic E-state index is 13.5. The zero-order valence-electron chi connectivity index (χ0n) is 15.9. The highest BCUT2D eigenvalue weighted by Gasteiger charge is 2.38. The van der Waals surface area contributed by atoms with E-state index in [0.717, 1.165) is 19.6 Å². The molecule has 1 atom stereocenters. The Morgan fingerprint density at radius 3 is 2.41 bits per heavy atom. The second-order valence-corrected chi connectivity index (χ2v) is 7.19. The molecule has 1 aliphatic heterocycles. The summed E-state index contributed by atoms with van der Waals surface area (Å²) in [6.07, 6.45) is 2.55. The number of nitrogens with zero attached hydrogens (tertiary/aromatic N) is 2. The summed E-state index contributed by atoms with van der Waals surface area (Å²) in [5.74, 6) is 1.08. The number of piperazine rings is 1. The van der Waals surface area contributed by atoms with Gasteiger partial charge in [-0.3, -0.25) is 9.69 Å². The molecule has 5 heteroatoms. The number of ether oxygens (including phenoxy) is 2. The summed E-state index contributed by atoms with van der Waals surface area (Å²) in [7, 11) is 3.17. The third kappa shape index (κ3) is 3.52. The number of methoxy groups -OCH3 is 2. The smallest absolute Gasteiger partial charge is 0.258 e. The van der Waals surface area contributed by atoms with Gasteiger partial charge in [-0.1, -0.05) is 36.4 Å². The van der Waals surface area contributed by atoms with Crippen molar-refractivity contribution in [2.75, 3.05) is 33.9 Å². The van der Waals surface area contributed by atoms with Gasteiger partial charge in [-0.25, -0.2) is 0 Å². The van der Waals surface area contributed by atoms with Crippen LogP contribution < -0.4 is 9.47 Å². The van der Waals surface area contributed by atoms with Gasteiger partial charge in [0.25, 0.3) is 5.91 Å². The van der Waals surface area contributed by atoms with Crippen LogP contribution in [-0.4, -0.2) is 55.6 Å². The van der Waals surface area contributed by atoms with Crippen LogP contribution in [0.1, 0.15) is 34.8 Å². The molecule has 1 amide bonds. The molecule has 0 aromatic heterocycles. The number of rotatable bonds is 5. The lowest BCUT2D eigenvalue weighted by atomic mass is 10.0. The summed E-state index contributed by atoms with van der Waals surface area (Å²) in [6.45, 7) is 2.52. The predicted octanol–water partition coefficient (Wildman–Crippen LogP) is 3.37. The summed E-state index contributed by atoms with van der Waals surface area (Å²) in [5, 5.41) is 0. The molecule has 1 heterocycles. The maximum Gasteiger partial charge on any atom is 0.258 e. The van der Waals surface area contributed by atoms with Crippen LogP contribution in [0.15, 0.2) is 48.5 Å². The quantitative estimate of drug-likeness (QED) is 0.814. The first kappa shape index (κ1) is 17.9. The Labute approximate surface area is 160 Å². The molecule has 142 valence electrons. The highest BCUT2D eigenvalue weighted by molar-refractivity contribution is 5.98. The first-order valence-electron chi connectivity index (χ1n) is 9.54. The number of benzene rings is 2. The minimum atomic E-state index is -0.00458. The highest BCUT2D eigenvalue weighted by Crippen LogP contribution is 2.37. The minimum Gasteiger partial charge on any atom is -0.493 e. The molecule has 1 unspecified atom stereocenters. The molecule has 1 saturated heterocycles. The van der Waals surface area contributed by atoms with E-state index < -0.39 is 0 Å². The predicted molar refractivity (Wildman–Crippen MR) is 104 cm³/mol. The number of carbonyl (C=O) groups excluding carboxylic acids is 1. The van der Waals surface area contributed by atoms with Gasteiger partial charge < -0.3 is 14.4 Å².